The maximum Gasteiger partial charge on any atom is 0.257 e. The number of aromatic nitrogens is 2. The van der Waals surface area contributed by atoms with Crippen LogP contribution in [0, 0.1) is 6.92 Å². The Morgan fingerprint density at radius 3 is 2.57 bits per heavy atom. The molecule has 1 heterocycles. The predicted octanol–water partition coefficient (Wildman–Crippen LogP) is 3.46. The Hall–Kier alpha value is -3.61. The van der Waals surface area contributed by atoms with Crippen LogP contribution in [0.4, 0.5) is 5.69 Å². The smallest absolute Gasteiger partial charge is 0.257 e. The lowest BCUT2D eigenvalue weighted by atomic mass is 10.1. The molecule has 1 N–H and O–H groups in total. The third kappa shape index (κ3) is 4.68. The quantitative estimate of drug-likeness (QED) is 0.652. The van der Waals surface area contributed by atoms with Gasteiger partial charge < -0.3 is 15.0 Å². The van der Waals surface area contributed by atoms with Gasteiger partial charge >= 0.3 is 0 Å². The number of carbonyl (C=O) groups is 2. The van der Waals surface area contributed by atoms with Crippen LogP contribution in [-0.2, 0) is 11.2 Å². The summed E-state index contributed by atoms with van der Waals surface area (Å²) in [6.45, 7) is 3.93. The molecule has 30 heavy (non-hydrogen) atoms. The summed E-state index contributed by atoms with van der Waals surface area (Å²) in [5.41, 5.74) is 3.97. The first-order valence-corrected chi connectivity index (χ1v) is 9.76. The number of hydrogen-bond donors (Lipinski definition) is 1. The number of likely N-dealkylation sites (N-methyl/N-ethyl adjacent to an activating group) is 1. The first kappa shape index (κ1) is 21.1. The molecule has 2 aromatic carbocycles. The summed E-state index contributed by atoms with van der Waals surface area (Å²) in [6.07, 6.45) is 2.20. The van der Waals surface area contributed by atoms with Crippen molar-refractivity contribution in [1.82, 2.24) is 14.7 Å². The molecule has 0 unspecified atom stereocenters. The minimum absolute atomic E-state index is 0.0745. The number of aryl methyl sites for hydroxylation is 1. The number of nitrogens with zero attached hydrogens (tertiary/aromatic N) is 3. The Morgan fingerprint density at radius 1 is 1.17 bits per heavy atom. The first-order valence-electron chi connectivity index (χ1n) is 9.76. The highest BCUT2D eigenvalue weighted by Crippen LogP contribution is 2.19. The maximum absolute atomic E-state index is 13.0. The van der Waals surface area contributed by atoms with E-state index in [9.17, 15) is 9.59 Å². The minimum Gasteiger partial charge on any atom is -0.497 e. The average molecular weight is 406 g/mol. The number of amides is 2. The van der Waals surface area contributed by atoms with Gasteiger partial charge in [0.25, 0.3) is 5.91 Å². The molecule has 0 aliphatic carbocycles. The minimum atomic E-state index is -0.289. The van der Waals surface area contributed by atoms with Gasteiger partial charge in [-0.2, -0.15) is 5.10 Å². The lowest BCUT2D eigenvalue weighted by Crippen LogP contribution is -2.35. The van der Waals surface area contributed by atoms with Crippen molar-refractivity contribution >= 4 is 17.5 Å². The highest BCUT2D eigenvalue weighted by molar-refractivity contribution is 5.99. The number of benzene rings is 2. The fraction of sp³-hybridized carbons (Fsp3) is 0.261. The van der Waals surface area contributed by atoms with Gasteiger partial charge in [-0.1, -0.05) is 30.7 Å². The zero-order chi connectivity index (χ0) is 21.7. The van der Waals surface area contributed by atoms with E-state index in [1.165, 1.54) is 4.90 Å². The SMILES string of the molecule is CCc1c(C(=O)N(C)CC(=O)Nc2cccc(OC)c2)cnn1-c1ccc(C)cc1. The van der Waals surface area contributed by atoms with E-state index in [0.29, 0.717) is 23.4 Å². The highest BCUT2D eigenvalue weighted by Gasteiger charge is 2.22. The van der Waals surface area contributed by atoms with E-state index < -0.39 is 0 Å². The van der Waals surface area contributed by atoms with Gasteiger partial charge in [-0.15, -0.1) is 0 Å². The third-order valence-electron chi connectivity index (χ3n) is 4.79. The average Bonchev–Trinajstić information content (AvgIpc) is 3.17. The predicted molar refractivity (Wildman–Crippen MR) is 116 cm³/mol. The van der Waals surface area contributed by atoms with E-state index in [4.69, 9.17) is 4.74 Å². The van der Waals surface area contributed by atoms with E-state index >= 15 is 0 Å². The lowest BCUT2D eigenvalue weighted by molar-refractivity contribution is -0.116. The second kappa shape index (κ2) is 9.26. The summed E-state index contributed by atoms with van der Waals surface area (Å²) in [4.78, 5) is 26.8. The number of nitrogens with one attached hydrogen (secondary N) is 1. The number of carbonyl (C=O) groups excluding carboxylic acids is 2. The van der Waals surface area contributed by atoms with Crippen molar-refractivity contribution in [2.75, 3.05) is 26.0 Å². The van der Waals surface area contributed by atoms with Crippen LogP contribution in [0.5, 0.6) is 5.75 Å². The number of ether oxygens (including phenoxy) is 1. The normalized spacial score (nSPS) is 10.5. The Labute approximate surface area is 176 Å². The summed E-state index contributed by atoms with van der Waals surface area (Å²) >= 11 is 0. The van der Waals surface area contributed by atoms with Crippen LogP contribution in [0.25, 0.3) is 5.69 Å². The second-order valence-electron chi connectivity index (χ2n) is 7.05. The van der Waals surface area contributed by atoms with Crippen LogP contribution in [0.1, 0.15) is 28.5 Å². The fourth-order valence-corrected chi connectivity index (χ4v) is 3.20. The Bertz CT molecular complexity index is 1040. The third-order valence-corrected chi connectivity index (χ3v) is 4.79. The molecule has 0 spiro atoms. The standard InChI is InChI=1S/C23H26N4O3/c1-5-21-20(14-24-27(21)18-11-9-16(2)10-12-18)23(29)26(3)15-22(28)25-17-7-6-8-19(13-17)30-4/h6-14H,5,15H2,1-4H3,(H,25,28). The molecule has 0 saturated heterocycles. The number of hydrogen-bond acceptors (Lipinski definition) is 4. The van der Waals surface area contributed by atoms with Gasteiger partial charge in [0.05, 0.1) is 36.8 Å². The van der Waals surface area contributed by atoms with Crippen LogP contribution < -0.4 is 10.1 Å². The molecule has 0 fully saturated rings. The van der Waals surface area contributed by atoms with Gasteiger partial charge in [0.15, 0.2) is 0 Å². The second-order valence-corrected chi connectivity index (χ2v) is 7.05. The van der Waals surface area contributed by atoms with Crippen molar-refractivity contribution in [2.45, 2.75) is 20.3 Å². The van der Waals surface area contributed by atoms with Crippen molar-refractivity contribution in [3.8, 4) is 11.4 Å². The molecule has 0 aliphatic rings. The van der Waals surface area contributed by atoms with Gasteiger partial charge in [-0.05, 0) is 37.6 Å². The summed E-state index contributed by atoms with van der Waals surface area (Å²) in [5, 5.41) is 7.20. The molecule has 1 aromatic heterocycles. The van der Waals surface area contributed by atoms with Crippen molar-refractivity contribution in [1.29, 1.82) is 0 Å². The molecule has 156 valence electrons. The van der Waals surface area contributed by atoms with Crippen LogP contribution in [0.15, 0.2) is 54.7 Å². The molecular weight excluding hydrogens is 380 g/mol. The van der Waals surface area contributed by atoms with Crippen LogP contribution in [0.2, 0.25) is 0 Å². The van der Waals surface area contributed by atoms with Crippen molar-refractivity contribution < 1.29 is 14.3 Å². The molecule has 3 rings (SSSR count). The van der Waals surface area contributed by atoms with Gasteiger partial charge in [0.1, 0.15) is 5.75 Å². The van der Waals surface area contributed by atoms with Crippen LogP contribution in [0.3, 0.4) is 0 Å². The van der Waals surface area contributed by atoms with Crippen LogP contribution in [-0.4, -0.2) is 47.2 Å². The molecule has 7 nitrogen and oxygen atoms in total. The monoisotopic (exact) mass is 406 g/mol. The molecule has 0 radical (unpaired) electrons. The zero-order valence-corrected chi connectivity index (χ0v) is 17.7. The summed E-state index contributed by atoms with van der Waals surface area (Å²) in [6, 6.07) is 15.0. The molecule has 2 amide bonds. The Kier molecular flexibility index (Phi) is 6.51. The Morgan fingerprint density at radius 2 is 1.90 bits per heavy atom. The van der Waals surface area contributed by atoms with Crippen molar-refractivity contribution in [2.24, 2.45) is 0 Å². The van der Waals surface area contributed by atoms with Gasteiger partial charge in [0.2, 0.25) is 5.91 Å². The molecule has 3 aromatic rings. The summed E-state index contributed by atoms with van der Waals surface area (Å²) in [7, 11) is 3.17. The summed E-state index contributed by atoms with van der Waals surface area (Å²) < 4.78 is 6.93. The van der Waals surface area contributed by atoms with E-state index in [0.717, 1.165) is 16.9 Å². The number of methoxy groups -OCH3 is 1. The molecular formula is C23H26N4O3. The zero-order valence-electron chi connectivity index (χ0n) is 17.7. The van der Waals surface area contributed by atoms with Crippen molar-refractivity contribution in [3.05, 3.63) is 71.5 Å². The molecule has 7 heteroatoms. The first-order chi connectivity index (χ1) is 14.4. The topological polar surface area (TPSA) is 76.5 Å². The molecule has 0 aliphatic heterocycles. The number of rotatable bonds is 7. The molecule has 0 bridgehead atoms. The molecule has 0 atom stereocenters. The van der Waals surface area contributed by atoms with Gasteiger partial charge in [0, 0.05) is 18.8 Å². The number of anilines is 1. The highest BCUT2D eigenvalue weighted by atomic mass is 16.5. The maximum atomic E-state index is 13.0. The van der Waals surface area contributed by atoms with Crippen LogP contribution >= 0.6 is 0 Å². The van der Waals surface area contributed by atoms with E-state index in [1.807, 2.05) is 38.1 Å². The lowest BCUT2D eigenvalue weighted by Gasteiger charge is -2.17. The fourth-order valence-electron chi connectivity index (χ4n) is 3.20. The van der Waals surface area contributed by atoms with Gasteiger partial charge in [-0.25, -0.2) is 4.68 Å². The van der Waals surface area contributed by atoms with Gasteiger partial charge in [-0.3, -0.25) is 9.59 Å². The summed E-state index contributed by atoms with van der Waals surface area (Å²) in [5.74, 6) is 0.113. The van der Waals surface area contributed by atoms with E-state index in [2.05, 4.69) is 10.4 Å². The Balaban J connectivity index is 1.72. The van der Waals surface area contributed by atoms with E-state index in [-0.39, 0.29) is 18.4 Å². The molecule has 0 saturated carbocycles. The largest absolute Gasteiger partial charge is 0.497 e. The van der Waals surface area contributed by atoms with E-state index in [1.54, 1.807) is 49.3 Å². The van der Waals surface area contributed by atoms with Crippen molar-refractivity contribution in [3.63, 3.8) is 0 Å².